The summed E-state index contributed by atoms with van der Waals surface area (Å²) in [5.41, 5.74) is 1.40. The summed E-state index contributed by atoms with van der Waals surface area (Å²) in [7, 11) is 1.72. The molecule has 4 heteroatoms. The quantitative estimate of drug-likeness (QED) is 0.649. The van der Waals surface area contributed by atoms with Crippen molar-refractivity contribution in [2.75, 3.05) is 13.6 Å². The molecule has 1 rings (SSSR count). The highest BCUT2D eigenvalue weighted by molar-refractivity contribution is 7.80. The summed E-state index contributed by atoms with van der Waals surface area (Å²) < 4.78 is 0. The zero-order valence-electron chi connectivity index (χ0n) is 9.33. The molecule has 0 bridgehead atoms. The molecular weight excluding hydrogens is 242 g/mol. The Kier molecular flexibility index (Phi) is 4.44. The van der Waals surface area contributed by atoms with Gasteiger partial charge < -0.3 is 4.90 Å². The van der Waals surface area contributed by atoms with Crippen LogP contribution in [0.15, 0.2) is 35.2 Å². The van der Waals surface area contributed by atoms with Crippen molar-refractivity contribution in [2.24, 2.45) is 0 Å². The fraction of sp³-hybridized carbons (Fsp3) is 0.250. The largest absolute Gasteiger partial charge is 0.338 e. The van der Waals surface area contributed by atoms with Gasteiger partial charge in [-0.05, 0) is 25.1 Å². The van der Waals surface area contributed by atoms with Crippen LogP contribution in [0, 0.1) is 0 Å². The third-order valence-electron chi connectivity index (χ3n) is 2.03. The number of nitrogens with zero attached hydrogens (tertiary/aromatic N) is 1. The molecule has 1 amide bonds. The Morgan fingerprint density at radius 3 is 2.75 bits per heavy atom. The van der Waals surface area contributed by atoms with Crippen LogP contribution in [0.25, 0.3) is 0 Å². The minimum atomic E-state index is -0.121. The molecule has 2 nitrogen and oxygen atoms in total. The topological polar surface area (TPSA) is 20.3 Å². The molecule has 16 heavy (non-hydrogen) atoms. The Balaban J connectivity index is 2.95. The minimum Gasteiger partial charge on any atom is -0.338 e. The van der Waals surface area contributed by atoms with Crippen LogP contribution >= 0.6 is 24.2 Å². The van der Waals surface area contributed by atoms with Gasteiger partial charge in [0.05, 0.1) is 10.6 Å². The molecule has 0 spiro atoms. The van der Waals surface area contributed by atoms with E-state index in [4.69, 9.17) is 11.6 Å². The van der Waals surface area contributed by atoms with Gasteiger partial charge in [0, 0.05) is 18.5 Å². The van der Waals surface area contributed by atoms with E-state index in [1.165, 1.54) is 0 Å². The molecule has 0 saturated heterocycles. The zero-order valence-corrected chi connectivity index (χ0v) is 11.0. The first-order chi connectivity index (χ1) is 7.41. The average Bonchev–Trinajstić information content (AvgIpc) is 2.19. The summed E-state index contributed by atoms with van der Waals surface area (Å²) in [6, 6.07) is 5.09. The van der Waals surface area contributed by atoms with E-state index in [0.29, 0.717) is 17.1 Å². The van der Waals surface area contributed by atoms with Crippen LogP contribution in [-0.2, 0) is 0 Å². The van der Waals surface area contributed by atoms with Crippen molar-refractivity contribution in [3.05, 3.63) is 40.9 Å². The molecule has 0 heterocycles. The first-order valence-electron chi connectivity index (χ1n) is 4.80. The Labute approximate surface area is 106 Å². The lowest BCUT2D eigenvalue weighted by molar-refractivity contribution is 0.0807. The van der Waals surface area contributed by atoms with Crippen LogP contribution < -0.4 is 0 Å². The van der Waals surface area contributed by atoms with E-state index < -0.39 is 0 Å². The van der Waals surface area contributed by atoms with Gasteiger partial charge in [0.15, 0.2) is 0 Å². The molecule has 0 aliphatic rings. The standard InChI is InChI=1S/C12H14ClNOS/c1-8(2)7-14(3)12(15)10-6-9(16)4-5-11(10)13/h4-6,16H,1,7H2,2-3H3. The summed E-state index contributed by atoms with van der Waals surface area (Å²) in [5.74, 6) is -0.121. The van der Waals surface area contributed by atoms with Crippen LogP contribution in [0.1, 0.15) is 17.3 Å². The highest BCUT2D eigenvalue weighted by Gasteiger charge is 2.15. The van der Waals surface area contributed by atoms with Crippen molar-refractivity contribution in [1.29, 1.82) is 0 Å². The molecule has 0 N–H and O–H groups in total. The molecule has 0 atom stereocenters. The second kappa shape index (κ2) is 5.41. The molecule has 1 aromatic carbocycles. The van der Waals surface area contributed by atoms with Gasteiger partial charge in [-0.1, -0.05) is 23.8 Å². The third-order valence-corrected chi connectivity index (χ3v) is 2.64. The lowest BCUT2D eigenvalue weighted by Gasteiger charge is -2.18. The Hall–Kier alpha value is -0.930. The number of benzene rings is 1. The second-order valence-electron chi connectivity index (χ2n) is 3.78. The number of carbonyl (C=O) groups excluding carboxylic acids is 1. The number of carbonyl (C=O) groups is 1. The van der Waals surface area contributed by atoms with E-state index in [-0.39, 0.29) is 5.91 Å². The van der Waals surface area contributed by atoms with E-state index in [0.717, 1.165) is 10.5 Å². The molecule has 0 aliphatic heterocycles. The van der Waals surface area contributed by atoms with Crippen LogP contribution in [0.2, 0.25) is 5.02 Å². The van der Waals surface area contributed by atoms with Crippen molar-refractivity contribution in [2.45, 2.75) is 11.8 Å². The highest BCUT2D eigenvalue weighted by atomic mass is 35.5. The first kappa shape index (κ1) is 13.1. The fourth-order valence-electron chi connectivity index (χ4n) is 1.36. The number of hydrogen-bond donors (Lipinski definition) is 1. The summed E-state index contributed by atoms with van der Waals surface area (Å²) in [4.78, 5) is 14.3. The van der Waals surface area contributed by atoms with Crippen LogP contribution in [0.3, 0.4) is 0 Å². The van der Waals surface area contributed by atoms with E-state index in [2.05, 4.69) is 19.2 Å². The van der Waals surface area contributed by atoms with E-state index >= 15 is 0 Å². The molecule has 1 aromatic rings. The predicted octanol–water partition coefficient (Wildman–Crippen LogP) is 3.28. The first-order valence-corrected chi connectivity index (χ1v) is 5.62. The predicted molar refractivity (Wildman–Crippen MR) is 70.5 cm³/mol. The summed E-state index contributed by atoms with van der Waals surface area (Å²) >= 11 is 10.2. The van der Waals surface area contributed by atoms with Gasteiger partial charge in [-0.25, -0.2) is 0 Å². The van der Waals surface area contributed by atoms with Crippen LogP contribution in [0.5, 0.6) is 0 Å². The van der Waals surface area contributed by atoms with Gasteiger partial charge in [-0.15, -0.1) is 12.6 Å². The maximum atomic E-state index is 12.0. The van der Waals surface area contributed by atoms with Crippen molar-refractivity contribution < 1.29 is 4.79 Å². The maximum absolute atomic E-state index is 12.0. The molecule has 86 valence electrons. The number of thiol groups is 1. The molecule has 0 aromatic heterocycles. The molecule has 0 saturated carbocycles. The van der Waals surface area contributed by atoms with Gasteiger partial charge in [-0.3, -0.25) is 4.79 Å². The van der Waals surface area contributed by atoms with Gasteiger partial charge in [0.2, 0.25) is 0 Å². The second-order valence-corrected chi connectivity index (χ2v) is 4.71. The number of amides is 1. The Morgan fingerprint density at radius 1 is 1.56 bits per heavy atom. The fourth-order valence-corrected chi connectivity index (χ4v) is 1.76. The number of halogens is 1. The SMILES string of the molecule is C=C(C)CN(C)C(=O)c1cc(S)ccc1Cl. The molecule has 0 aliphatic carbocycles. The summed E-state index contributed by atoms with van der Waals surface area (Å²) in [6.45, 7) is 6.16. The molecular formula is C12H14ClNOS. The average molecular weight is 256 g/mol. The van der Waals surface area contributed by atoms with E-state index in [1.54, 1.807) is 30.1 Å². The Morgan fingerprint density at radius 2 is 2.19 bits per heavy atom. The number of rotatable bonds is 3. The van der Waals surface area contributed by atoms with Crippen LogP contribution in [-0.4, -0.2) is 24.4 Å². The highest BCUT2D eigenvalue weighted by Crippen LogP contribution is 2.21. The van der Waals surface area contributed by atoms with Gasteiger partial charge in [0.1, 0.15) is 0 Å². The van der Waals surface area contributed by atoms with Crippen molar-refractivity contribution >= 4 is 30.1 Å². The maximum Gasteiger partial charge on any atom is 0.255 e. The lowest BCUT2D eigenvalue weighted by atomic mass is 10.2. The minimum absolute atomic E-state index is 0.121. The van der Waals surface area contributed by atoms with E-state index in [1.807, 2.05) is 6.92 Å². The number of likely N-dealkylation sites (N-methyl/N-ethyl adjacent to an activating group) is 1. The van der Waals surface area contributed by atoms with Crippen molar-refractivity contribution in [1.82, 2.24) is 4.90 Å². The normalized spacial score (nSPS) is 10.0. The molecule has 0 radical (unpaired) electrons. The van der Waals surface area contributed by atoms with Gasteiger partial charge in [0.25, 0.3) is 5.91 Å². The number of hydrogen-bond acceptors (Lipinski definition) is 2. The van der Waals surface area contributed by atoms with Gasteiger partial charge >= 0.3 is 0 Å². The zero-order chi connectivity index (χ0) is 12.3. The monoisotopic (exact) mass is 255 g/mol. The summed E-state index contributed by atoms with van der Waals surface area (Å²) in [6.07, 6.45) is 0. The molecule has 0 unspecified atom stereocenters. The van der Waals surface area contributed by atoms with Gasteiger partial charge in [-0.2, -0.15) is 0 Å². The third kappa shape index (κ3) is 3.29. The van der Waals surface area contributed by atoms with Crippen molar-refractivity contribution in [3.8, 4) is 0 Å². The van der Waals surface area contributed by atoms with Crippen LogP contribution in [0.4, 0.5) is 0 Å². The Bertz CT molecular complexity index is 431. The smallest absolute Gasteiger partial charge is 0.255 e. The summed E-state index contributed by atoms with van der Waals surface area (Å²) in [5, 5.41) is 0.441. The molecule has 0 fully saturated rings. The van der Waals surface area contributed by atoms with Crippen molar-refractivity contribution in [3.63, 3.8) is 0 Å². The lowest BCUT2D eigenvalue weighted by Crippen LogP contribution is -2.28. The van der Waals surface area contributed by atoms with E-state index in [9.17, 15) is 4.79 Å².